The van der Waals surface area contributed by atoms with Gasteiger partial charge in [0.15, 0.2) is 11.6 Å². The normalized spacial score (nSPS) is 15.1. The summed E-state index contributed by atoms with van der Waals surface area (Å²) < 4.78 is 29.4. The molecule has 0 atom stereocenters. The fourth-order valence-electron chi connectivity index (χ4n) is 3.77. The van der Waals surface area contributed by atoms with E-state index < -0.39 is 10.0 Å². The van der Waals surface area contributed by atoms with Crippen molar-refractivity contribution in [3.8, 4) is 16.9 Å². The van der Waals surface area contributed by atoms with Crippen molar-refractivity contribution >= 4 is 15.8 Å². The summed E-state index contributed by atoms with van der Waals surface area (Å²) in [6.07, 6.45) is 3.49. The molecule has 4 aromatic rings. The van der Waals surface area contributed by atoms with Gasteiger partial charge >= 0.3 is 0 Å². The lowest BCUT2D eigenvalue weighted by Gasteiger charge is -2.34. The second-order valence-corrected chi connectivity index (χ2v) is 9.42. The lowest BCUT2D eigenvalue weighted by molar-refractivity contribution is 0.383. The Bertz CT molecular complexity index is 1270. The molecular formula is C23H22N6O2S. The fraction of sp³-hybridized carbons (Fsp3) is 0.174. The Labute approximate surface area is 186 Å². The number of rotatable bonds is 5. The SMILES string of the molecule is O=S(=O)(c1ccc(-c2ccccc2)cc1)N1CCN(c2ccc(-n3cccn3)nn2)CC1. The number of hydrogen-bond donors (Lipinski definition) is 0. The van der Waals surface area contributed by atoms with Gasteiger partial charge in [-0.2, -0.15) is 9.40 Å². The molecule has 0 saturated carbocycles. The van der Waals surface area contributed by atoms with Crippen LogP contribution in [0.5, 0.6) is 0 Å². The highest BCUT2D eigenvalue weighted by Gasteiger charge is 2.29. The summed E-state index contributed by atoms with van der Waals surface area (Å²) in [6.45, 7) is 1.89. The molecule has 0 bridgehead atoms. The molecule has 0 N–H and O–H groups in total. The van der Waals surface area contributed by atoms with E-state index in [0.29, 0.717) is 36.9 Å². The summed E-state index contributed by atoms with van der Waals surface area (Å²) in [4.78, 5) is 2.36. The van der Waals surface area contributed by atoms with Crippen LogP contribution in [0.4, 0.5) is 5.82 Å². The molecule has 2 aromatic carbocycles. The molecule has 0 unspecified atom stereocenters. The van der Waals surface area contributed by atoms with Gasteiger partial charge < -0.3 is 4.90 Å². The zero-order valence-corrected chi connectivity index (χ0v) is 18.1. The van der Waals surface area contributed by atoms with E-state index in [1.165, 1.54) is 4.31 Å². The third-order valence-electron chi connectivity index (χ3n) is 5.54. The number of hydrogen-bond acceptors (Lipinski definition) is 6. The van der Waals surface area contributed by atoms with Crippen LogP contribution in [0.1, 0.15) is 0 Å². The quantitative estimate of drug-likeness (QED) is 0.469. The van der Waals surface area contributed by atoms with Crippen molar-refractivity contribution < 1.29 is 8.42 Å². The van der Waals surface area contributed by atoms with Gasteiger partial charge in [-0.1, -0.05) is 42.5 Å². The predicted molar refractivity (Wildman–Crippen MR) is 122 cm³/mol. The van der Waals surface area contributed by atoms with Gasteiger partial charge in [-0.3, -0.25) is 0 Å². The summed E-state index contributed by atoms with van der Waals surface area (Å²) >= 11 is 0. The van der Waals surface area contributed by atoms with Crippen LogP contribution in [-0.4, -0.2) is 58.9 Å². The summed E-state index contributed by atoms with van der Waals surface area (Å²) in [5.41, 5.74) is 2.05. The number of piperazine rings is 1. The van der Waals surface area contributed by atoms with Gasteiger partial charge in [0, 0.05) is 38.6 Å². The second kappa shape index (κ2) is 8.52. The van der Waals surface area contributed by atoms with E-state index in [4.69, 9.17) is 0 Å². The molecule has 0 spiro atoms. The van der Waals surface area contributed by atoms with E-state index in [1.54, 1.807) is 29.2 Å². The van der Waals surface area contributed by atoms with Crippen molar-refractivity contribution in [3.05, 3.63) is 85.2 Å². The van der Waals surface area contributed by atoms with Crippen LogP contribution in [0.3, 0.4) is 0 Å². The van der Waals surface area contributed by atoms with Crippen LogP contribution >= 0.6 is 0 Å². The topological polar surface area (TPSA) is 84.2 Å². The first kappa shape index (κ1) is 20.3. The largest absolute Gasteiger partial charge is 0.352 e. The molecule has 162 valence electrons. The minimum atomic E-state index is -3.54. The van der Waals surface area contributed by atoms with E-state index in [0.717, 1.165) is 16.9 Å². The number of aromatic nitrogens is 4. The maximum absolute atomic E-state index is 13.1. The predicted octanol–water partition coefficient (Wildman–Crippen LogP) is 2.84. The third kappa shape index (κ3) is 4.00. The van der Waals surface area contributed by atoms with Crippen molar-refractivity contribution in [1.82, 2.24) is 24.3 Å². The van der Waals surface area contributed by atoms with E-state index in [9.17, 15) is 8.42 Å². The molecule has 0 aliphatic carbocycles. The van der Waals surface area contributed by atoms with Crippen LogP contribution in [0.15, 0.2) is 90.1 Å². The number of anilines is 1. The molecule has 5 rings (SSSR count). The van der Waals surface area contributed by atoms with Gasteiger partial charge in [0.25, 0.3) is 0 Å². The first-order valence-corrected chi connectivity index (χ1v) is 11.8. The molecule has 1 saturated heterocycles. The van der Waals surface area contributed by atoms with Crippen molar-refractivity contribution in [2.24, 2.45) is 0 Å². The highest BCUT2D eigenvalue weighted by Crippen LogP contribution is 2.24. The van der Waals surface area contributed by atoms with E-state index >= 15 is 0 Å². The molecular weight excluding hydrogens is 424 g/mol. The average Bonchev–Trinajstić information content (AvgIpc) is 3.40. The zero-order chi connectivity index (χ0) is 22.0. The van der Waals surface area contributed by atoms with Gasteiger partial charge in [0.1, 0.15) is 0 Å². The molecule has 0 radical (unpaired) electrons. The van der Waals surface area contributed by atoms with Gasteiger partial charge in [-0.05, 0) is 41.5 Å². The third-order valence-corrected chi connectivity index (χ3v) is 7.45. The summed E-state index contributed by atoms with van der Waals surface area (Å²) in [7, 11) is -3.54. The Hall–Kier alpha value is -3.56. The lowest BCUT2D eigenvalue weighted by Crippen LogP contribution is -2.49. The average molecular weight is 447 g/mol. The van der Waals surface area contributed by atoms with Crippen LogP contribution in [0, 0.1) is 0 Å². The molecule has 32 heavy (non-hydrogen) atoms. The monoisotopic (exact) mass is 446 g/mol. The molecule has 9 heteroatoms. The molecule has 8 nitrogen and oxygen atoms in total. The minimum Gasteiger partial charge on any atom is -0.352 e. The fourth-order valence-corrected chi connectivity index (χ4v) is 5.19. The Balaban J connectivity index is 1.25. The van der Waals surface area contributed by atoms with Gasteiger partial charge in [0.2, 0.25) is 10.0 Å². The highest BCUT2D eigenvalue weighted by atomic mass is 32.2. The van der Waals surface area contributed by atoms with Crippen LogP contribution < -0.4 is 4.90 Å². The molecule has 1 aliphatic rings. The Morgan fingerprint density at radius 2 is 1.34 bits per heavy atom. The molecule has 1 aliphatic heterocycles. The standard InChI is InChI=1S/C23H22N6O2S/c30-32(31,21-9-7-20(8-10-21)19-5-2-1-3-6-19)28-17-15-27(16-18-28)22-11-12-23(26-25-22)29-14-4-13-24-29/h1-14H,15-18H2. The first-order chi connectivity index (χ1) is 15.6. The summed E-state index contributed by atoms with van der Waals surface area (Å²) in [5.74, 6) is 1.36. The number of benzene rings is 2. The maximum Gasteiger partial charge on any atom is 0.243 e. The van der Waals surface area contributed by atoms with Crippen molar-refractivity contribution in [2.75, 3.05) is 31.1 Å². The second-order valence-electron chi connectivity index (χ2n) is 7.48. The Morgan fingerprint density at radius 3 is 1.97 bits per heavy atom. The van der Waals surface area contributed by atoms with E-state index in [-0.39, 0.29) is 0 Å². The van der Waals surface area contributed by atoms with Gasteiger partial charge in [0.05, 0.1) is 4.90 Å². The molecule has 0 amide bonds. The minimum absolute atomic E-state index is 0.314. The summed E-state index contributed by atoms with van der Waals surface area (Å²) in [5, 5.41) is 12.7. The molecule has 2 aromatic heterocycles. The Kier molecular flexibility index (Phi) is 5.42. The van der Waals surface area contributed by atoms with Gasteiger partial charge in [-0.25, -0.2) is 13.1 Å². The zero-order valence-electron chi connectivity index (χ0n) is 17.3. The van der Waals surface area contributed by atoms with E-state index in [1.807, 2.05) is 65.6 Å². The molecule has 3 heterocycles. The van der Waals surface area contributed by atoms with Crippen molar-refractivity contribution in [3.63, 3.8) is 0 Å². The van der Waals surface area contributed by atoms with Crippen molar-refractivity contribution in [1.29, 1.82) is 0 Å². The Morgan fingerprint density at radius 1 is 0.688 bits per heavy atom. The van der Waals surface area contributed by atoms with E-state index in [2.05, 4.69) is 15.3 Å². The molecule has 1 fully saturated rings. The number of sulfonamides is 1. The number of nitrogens with zero attached hydrogens (tertiary/aromatic N) is 6. The van der Waals surface area contributed by atoms with Crippen molar-refractivity contribution in [2.45, 2.75) is 4.90 Å². The summed E-state index contributed by atoms with van der Waals surface area (Å²) in [6, 6.07) is 22.6. The van der Waals surface area contributed by atoms with Gasteiger partial charge in [-0.15, -0.1) is 10.2 Å². The van der Waals surface area contributed by atoms with Crippen LogP contribution in [0.2, 0.25) is 0 Å². The van der Waals surface area contributed by atoms with Crippen LogP contribution in [0.25, 0.3) is 16.9 Å². The maximum atomic E-state index is 13.1. The lowest BCUT2D eigenvalue weighted by atomic mass is 10.1. The highest BCUT2D eigenvalue weighted by molar-refractivity contribution is 7.89. The van der Waals surface area contributed by atoms with Crippen LogP contribution in [-0.2, 0) is 10.0 Å². The first-order valence-electron chi connectivity index (χ1n) is 10.4. The smallest absolute Gasteiger partial charge is 0.243 e.